The smallest absolute Gasteiger partial charge is 0.186 e. The second-order valence-electron chi connectivity index (χ2n) is 0.0833. The fourth-order valence-electron chi connectivity index (χ4n) is 0. The highest BCUT2D eigenvalue weighted by atomic mass is 16.2. The molecule has 0 N–H and O–H groups in total. The van der Waals surface area contributed by atoms with Gasteiger partial charge in [0.15, 0.2) is 0 Å². The van der Waals surface area contributed by atoms with Gasteiger partial charge in [-0.15, -0.1) is 0 Å². The first-order chi connectivity index (χ1) is 1.41. The fourth-order valence-corrected chi connectivity index (χ4v) is 0. The summed E-state index contributed by atoms with van der Waals surface area (Å²) in [5.41, 5.74) is 0. The molecule has 32 valence electrons. The summed E-state index contributed by atoms with van der Waals surface area (Å²) in [5.74, 6) is 0. The summed E-state index contributed by atoms with van der Waals surface area (Å²) >= 11 is 0. The molecule has 0 aliphatic heterocycles. The third-order valence-corrected chi connectivity index (χ3v) is 0. The van der Waals surface area contributed by atoms with Crippen LogP contribution in [-0.2, 0) is 9.59 Å². The van der Waals surface area contributed by atoms with Gasteiger partial charge in [0.25, 0.3) is 0 Å². The third kappa shape index (κ3) is 16.7. The summed E-state index contributed by atoms with van der Waals surface area (Å²) in [6.07, 6.45) is 0.250. The van der Waals surface area contributed by atoms with Crippen LogP contribution in [0.1, 0.15) is 14.9 Å². The maximum Gasteiger partial charge on any atom is 0.373 e. The topological polar surface area (TPSA) is 34.1 Å². The van der Waals surface area contributed by atoms with Crippen LogP contribution in [0.2, 0.25) is 0 Å². The van der Waals surface area contributed by atoms with Crippen LogP contribution < -0.4 is 0 Å². The Labute approximate surface area is 31.8 Å². The second kappa shape index (κ2) is 133. The van der Waals surface area contributed by atoms with Crippen molar-refractivity contribution in [3.8, 4) is 0 Å². The largest absolute Gasteiger partial charge is 0.373 e. The SMILES string of the molecule is C.C.O=C=O. The maximum atomic E-state index is 8.12. The first-order valence-corrected chi connectivity index (χ1v) is 0.408. The quantitative estimate of drug-likeness (QED) is 0.425. The van der Waals surface area contributed by atoms with E-state index in [1.165, 1.54) is 0 Å². The Bertz CT molecular complexity index is 25.9. The van der Waals surface area contributed by atoms with Crippen molar-refractivity contribution in [2.24, 2.45) is 0 Å². The Hall–Kier alpha value is -0.620. The van der Waals surface area contributed by atoms with Gasteiger partial charge in [-0.2, -0.15) is 9.59 Å². The molecule has 0 amide bonds. The predicted molar refractivity (Wildman–Crippen MR) is 18.5 cm³/mol. The normalized spacial score (nSPS) is 1.60. The number of hydrogen-bond donors (Lipinski definition) is 0. The molecule has 0 saturated heterocycles. The van der Waals surface area contributed by atoms with E-state index in [0.717, 1.165) is 0 Å². The molecule has 0 aliphatic carbocycles. The van der Waals surface area contributed by atoms with Crippen molar-refractivity contribution in [2.45, 2.75) is 14.9 Å². The number of hydrogen-bond acceptors (Lipinski definition) is 2. The highest BCUT2D eigenvalue weighted by Gasteiger charge is 1.13. The summed E-state index contributed by atoms with van der Waals surface area (Å²) in [6.45, 7) is 0. The van der Waals surface area contributed by atoms with E-state index in [9.17, 15) is 0 Å². The first kappa shape index (κ1) is 26.3. The van der Waals surface area contributed by atoms with Crippen LogP contribution >= 0.6 is 0 Å². The van der Waals surface area contributed by atoms with Crippen LogP contribution in [0.3, 0.4) is 0 Å². The molecule has 0 bridgehead atoms. The lowest BCUT2D eigenvalue weighted by atomic mass is 11.8. The van der Waals surface area contributed by atoms with Gasteiger partial charge in [0.2, 0.25) is 0 Å². The van der Waals surface area contributed by atoms with Crippen molar-refractivity contribution in [1.29, 1.82) is 0 Å². The lowest BCUT2D eigenvalue weighted by Gasteiger charge is -0.945. The van der Waals surface area contributed by atoms with Crippen molar-refractivity contribution in [2.75, 3.05) is 0 Å². The van der Waals surface area contributed by atoms with E-state index >= 15 is 0 Å². The van der Waals surface area contributed by atoms with Crippen LogP contribution in [0.15, 0.2) is 0 Å². The Balaban J connectivity index is -0.0000000200. The van der Waals surface area contributed by atoms with Gasteiger partial charge >= 0.3 is 6.15 Å². The zero-order valence-corrected chi connectivity index (χ0v) is 1.32. The minimum Gasteiger partial charge on any atom is -0.186 e. The molecule has 0 radical (unpaired) electrons. The van der Waals surface area contributed by atoms with Crippen molar-refractivity contribution < 1.29 is 9.59 Å². The van der Waals surface area contributed by atoms with E-state index in [-0.39, 0.29) is 21.0 Å². The lowest BCUT2D eigenvalue weighted by molar-refractivity contribution is -0.191. The van der Waals surface area contributed by atoms with Crippen LogP contribution in [0.5, 0.6) is 0 Å². The van der Waals surface area contributed by atoms with E-state index in [2.05, 4.69) is 0 Å². The molecule has 0 unspecified atom stereocenters. The van der Waals surface area contributed by atoms with E-state index in [1.54, 1.807) is 0 Å². The monoisotopic (exact) mass is 76.1 g/mol. The average molecular weight is 76.1 g/mol. The van der Waals surface area contributed by atoms with Gasteiger partial charge in [-0.1, -0.05) is 14.9 Å². The highest BCUT2D eigenvalue weighted by molar-refractivity contribution is 5.20. The van der Waals surface area contributed by atoms with E-state index in [4.69, 9.17) is 9.59 Å². The molecule has 0 aromatic heterocycles. The minimum atomic E-state index is 0. The van der Waals surface area contributed by atoms with Gasteiger partial charge in [0.1, 0.15) is 0 Å². The average Bonchev–Trinajstić information content (AvgIpc) is 0.918. The van der Waals surface area contributed by atoms with Gasteiger partial charge in [-0.3, -0.25) is 0 Å². The Morgan fingerprint density at radius 3 is 1.00 bits per heavy atom. The molecule has 0 spiro atoms. The van der Waals surface area contributed by atoms with Crippen LogP contribution in [0, 0.1) is 0 Å². The van der Waals surface area contributed by atoms with E-state index < -0.39 is 0 Å². The molecule has 5 heavy (non-hydrogen) atoms. The van der Waals surface area contributed by atoms with Crippen molar-refractivity contribution in [1.82, 2.24) is 0 Å². The first-order valence-electron chi connectivity index (χ1n) is 0.408. The molecule has 0 aliphatic rings. The van der Waals surface area contributed by atoms with Crippen LogP contribution in [0.4, 0.5) is 0 Å². The summed E-state index contributed by atoms with van der Waals surface area (Å²) < 4.78 is 0. The lowest BCUT2D eigenvalue weighted by Crippen LogP contribution is -1.22. The van der Waals surface area contributed by atoms with Gasteiger partial charge in [-0.25, -0.2) is 0 Å². The zero-order valence-electron chi connectivity index (χ0n) is 1.32. The van der Waals surface area contributed by atoms with Gasteiger partial charge in [0, 0.05) is 0 Å². The van der Waals surface area contributed by atoms with Crippen LogP contribution in [-0.4, -0.2) is 6.15 Å². The molecular formula is C3H8O2. The predicted octanol–water partition coefficient (Wildman–Crippen LogP) is 0.689. The maximum absolute atomic E-state index is 8.12. The van der Waals surface area contributed by atoms with Gasteiger partial charge < -0.3 is 0 Å². The molecule has 0 aromatic carbocycles. The van der Waals surface area contributed by atoms with E-state index in [0.29, 0.717) is 0 Å². The molecule has 0 atom stereocenters. The fraction of sp³-hybridized carbons (Fsp3) is 0.667. The molecule has 2 nitrogen and oxygen atoms in total. The molecule has 0 heterocycles. The minimum absolute atomic E-state index is 0. The summed E-state index contributed by atoms with van der Waals surface area (Å²) in [4.78, 5) is 16.2. The number of rotatable bonds is 0. The summed E-state index contributed by atoms with van der Waals surface area (Å²) in [6, 6.07) is 0. The van der Waals surface area contributed by atoms with Crippen molar-refractivity contribution >= 4 is 6.15 Å². The van der Waals surface area contributed by atoms with Crippen molar-refractivity contribution in [3.05, 3.63) is 0 Å². The number of carbonyl (C=O) groups excluding carboxylic acids is 2. The Kier molecular flexibility index (Phi) is 697. The third-order valence-electron chi connectivity index (χ3n) is 0. The highest BCUT2D eigenvalue weighted by Crippen LogP contribution is 0.787. The van der Waals surface area contributed by atoms with Gasteiger partial charge in [-0.05, 0) is 0 Å². The van der Waals surface area contributed by atoms with Crippen molar-refractivity contribution in [3.63, 3.8) is 0 Å². The molecule has 0 fully saturated rings. The molecule has 2 heteroatoms. The Morgan fingerprint density at radius 1 is 1.00 bits per heavy atom. The van der Waals surface area contributed by atoms with E-state index in [1.807, 2.05) is 0 Å². The zero-order chi connectivity index (χ0) is 2.71. The second-order valence-corrected chi connectivity index (χ2v) is 0.0833. The summed E-state index contributed by atoms with van der Waals surface area (Å²) in [7, 11) is 0. The molecule has 0 aromatic rings. The Morgan fingerprint density at radius 2 is 1.00 bits per heavy atom. The molecule has 0 saturated carbocycles. The molecular weight excluding hydrogens is 68.0 g/mol. The van der Waals surface area contributed by atoms with Gasteiger partial charge in [0.05, 0.1) is 0 Å². The molecule has 0 rings (SSSR count). The standard InChI is InChI=1S/CO2.2CH4/c2-1-3;;/h;2*1H4. The summed E-state index contributed by atoms with van der Waals surface area (Å²) in [5, 5.41) is 0. The van der Waals surface area contributed by atoms with Crippen LogP contribution in [0.25, 0.3) is 0 Å².